The van der Waals surface area contributed by atoms with Crippen molar-refractivity contribution in [2.75, 3.05) is 18.4 Å². The smallest absolute Gasteiger partial charge is 0.188 e. The summed E-state index contributed by atoms with van der Waals surface area (Å²) < 4.78 is 13.1. The third-order valence-electron chi connectivity index (χ3n) is 5.50. The Morgan fingerprint density at radius 2 is 1.97 bits per heavy atom. The predicted octanol–water partition coefficient (Wildman–Crippen LogP) is 5.75. The Kier molecular flexibility index (Phi) is 6.21. The van der Waals surface area contributed by atoms with Gasteiger partial charge in [-0.25, -0.2) is 14.4 Å². The van der Waals surface area contributed by atoms with Crippen molar-refractivity contribution < 1.29 is 4.39 Å². The fourth-order valence-electron chi connectivity index (χ4n) is 3.87. The number of aromatic nitrogens is 2. The highest BCUT2D eigenvalue weighted by Crippen LogP contribution is 2.30. The minimum absolute atomic E-state index is 0.231. The van der Waals surface area contributed by atoms with E-state index < -0.39 is 0 Å². The Hall–Kier alpha value is -2.31. The van der Waals surface area contributed by atoms with Crippen molar-refractivity contribution in [2.45, 2.75) is 39.2 Å². The van der Waals surface area contributed by atoms with Crippen LogP contribution in [0, 0.1) is 11.7 Å². The molecule has 152 valence electrons. The summed E-state index contributed by atoms with van der Waals surface area (Å²) in [7, 11) is 0. The van der Waals surface area contributed by atoms with Gasteiger partial charge >= 0.3 is 0 Å². The molecule has 0 bridgehead atoms. The summed E-state index contributed by atoms with van der Waals surface area (Å²) in [6, 6.07) is 11.3. The van der Waals surface area contributed by atoms with E-state index in [4.69, 9.17) is 0 Å². The molecule has 1 saturated heterocycles. The third kappa shape index (κ3) is 5.19. The molecule has 1 aromatic carbocycles. The normalized spacial score (nSPS) is 17.6. The molecule has 3 aromatic rings. The topological polar surface area (TPSA) is 41.0 Å². The zero-order valence-corrected chi connectivity index (χ0v) is 17.8. The van der Waals surface area contributed by atoms with Gasteiger partial charge in [-0.05, 0) is 74.9 Å². The van der Waals surface area contributed by atoms with Crippen LogP contribution < -0.4 is 5.32 Å². The molecule has 1 aliphatic heterocycles. The molecule has 0 spiro atoms. The lowest BCUT2D eigenvalue weighted by Gasteiger charge is -2.35. The first-order valence-corrected chi connectivity index (χ1v) is 11.1. The van der Waals surface area contributed by atoms with Crippen LogP contribution in [-0.4, -0.2) is 34.0 Å². The van der Waals surface area contributed by atoms with Crippen LogP contribution in [0.3, 0.4) is 0 Å². The lowest BCUT2D eigenvalue weighted by atomic mass is 9.91. The number of nitrogens with one attached hydrogen (secondary N) is 1. The molecule has 1 N–H and O–H groups in total. The highest BCUT2D eigenvalue weighted by atomic mass is 32.1. The second kappa shape index (κ2) is 9.01. The van der Waals surface area contributed by atoms with E-state index in [0.29, 0.717) is 12.0 Å². The minimum Gasteiger partial charge on any atom is -0.316 e. The maximum absolute atomic E-state index is 13.1. The van der Waals surface area contributed by atoms with Gasteiger partial charge in [0.2, 0.25) is 0 Å². The molecule has 0 amide bonds. The van der Waals surface area contributed by atoms with E-state index in [9.17, 15) is 4.39 Å². The van der Waals surface area contributed by atoms with E-state index >= 15 is 0 Å². The van der Waals surface area contributed by atoms with E-state index in [1.165, 1.54) is 55.0 Å². The van der Waals surface area contributed by atoms with Crippen LogP contribution in [0.15, 0.2) is 48.8 Å². The van der Waals surface area contributed by atoms with Gasteiger partial charge in [-0.1, -0.05) is 29.5 Å². The van der Waals surface area contributed by atoms with Crippen molar-refractivity contribution in [3.63, 3.8) is 0 Å². The molecule has 3 heterocycles. The molecule has 0 aliphatic carbocycles. The molecule has 1 atom stereocenters. The van der Waals surface area contributed by atoms with Gasteiger partial charge in [0.15, 0.2) is 5.13 Å². The maximum Gasteiger partial charge on any atom is 0.188 e. The highest BCUT2D eigenvalue weighted by molar-refractivity contribution is 7.18. The predicted molar refractivity (Wildman–Crippen MR) is 118 cm³/mol. The zero-order chi connectivity index (χ0) is 20.2. The number of pyridine rings is 1. The highest BCUT2D eigenvalue weighted by Gasteiger charge is 2.21. The summed E-state index contributed by atoms with van der Waals surface area (Å²) in [5.74, 6) is 1.27. The quantitative estimate of drug-likeness (QED) is 0.562. The van der Waals surface area contributed by atoms with E-state index in [0.717, 1.165) is 27.8 Å². The van der Waals surface area contributed by atoms with Gasteiger partial charge in [-0.2, -0.15) is 0 Å². The number of halogens is 1. The average molecular weight is 411 g/mol. The van der Waals surface area contributed by atoms with Gasteiger partial charge in [-0.15, -0.1) is 0 Å². The van der Waals surface area contributed by atoms with Crippen LogP contribution in [0.1, 0.15) is 32.3 Å². The van der Waals surface area contributed by atoms with Crippen LogP contribution in [0.5, 0.6) is 0 Å². The first-order valence-electron chi connectivity index (χ1n) is 10.2. The molecular formula is C23H27FN4S. The van der Waals surface area contributed by atoms with Gasteiger partial charge in [0.25, 0.3) is 0 Å². The standard InChI is InChI=1S/C23H27FN4S/c1-16(2)28-11-3-4-18(15-28)12-17-5-10-22(25-13-17)27-23-26-14-21(29-23)19-6-8-20(24)9-7-19/h5-10,13-14,16,18H,3-4,11-12,15H2,1-2H3,(H,25,26,27). The van der Waals surface area contributed by atoms with E-state index in [2.05, 4.69) is 40.1 Å². The van der Waals surface area contributed by atoms with Gasteiger partial charge < -0.3 is 10.2 Å². The average Bonchev–Trinajstić information content (AvgIpc) is 3.19. The summed E-state index contributed by atoms with van der Waals surface area (Å²) in [5, 5.41) is 4.05. The van der Waals surface area contributed by atoms with Crippen molar-refractivity contribution in [3.8, 4) is 10.4 Å². The SMILES string of the molecule is CC(C)N1CCCC(Cc2ccc(Nc3ncc(-c4ccc(F)cc4)s3)nc2)C1. The van der Waals surface area contributed by atoms with Crippen LogP contribution >= 0.6 is 11.3 Å². The number of hydrogen-bond acceptors (Lipinski definition) is 5. The summed E-state index contributed by atoms with van der Waals surface area (Å²) >= 11 is 1.53. The lowest BCUT2D eigenvalue weighted by Crippen LogP contribution is -2.40. The van der Waals surface area contributed by atoms with Crippen LogP contribution in [0.4, 0.5) is 15.3 Å². The van der Waals surface area contributed by atoms with Crippen LogP contribution in [0.25, 0.3) is 10.4 Å². The second-order valence-electron chi connectivity index (χ2n) is 8.01. The van der Waals surface area contributed by atoms with Crippen molar-refractivity contribution in [1.82, 2.24) is 14.9 Å². The molecule has 1 unspecified atom stereocenters. The lowest BCUT2D eigenvalue weighted by molar-refractivity contribution is 0.139. The van der Waals surface area contributed by atoms with E-state index in [-0.39, 0.29) is 5.82 Å². The molecule has 2 aromatic heterocycles. The van der Waals surface area contributed by atoms with Crippen molar-refractivity contribution in [2.24, 2.45) is 5.92 Å². The van der Waals surface area contributed by atoms with Gasteiger partial charge in [0.05, 0.1) is 4.88 Å². The second-order valence-corrected chi connectivity index (χ2v) is 9.04. The number of benzene rings is 1. The molecule has 6 heteroatoms. The van der Waals surface area contributed by atoms with E-state index in [1.54, 1.807) is 18.3 Å². The van der Waals surface area contributed by atoms with Gasteiger partial charge in [0, 0.05) is 25.0 Å². The van der Waals surface area contributed by atoms with Crippen molar-refractivity contribution in [1.29, 1.82) is 0 Å². The fraction of sp³-hybridized carbons (Fsp3) is 0.391. The zero-order valence-electron chi connectivity index (χ0n) is 16.9. The van der Waals surface area contributed by atoms with Gasteiger partial charge in [0.1, 0.15) is 11.6 Å². The molecule has 1 fully saturated rings. The van der Waals surface area contributed by atoms with Gasteiger partial charge in [-0.3, -0.25) is 0 Å². The Balaban J connectivity index is 1.36. The summed E-state index contributed by atoms with van der Waals surface area (Å²) in [5.41, 5.74) is 2.25. The van der Waals surface area contributed by atoms with Crippen molar-refractivity contribution in [3.05, 3.63) is 60.2 Å². The molecule has 4 nitrogen and oxygen atoms in total. The number of piperidine rings is 1. The minimum atomic E-state index is -0.231. The Bertz CT molecular complexity index is 921. The molecule has 1 aliphatic rings. The molecular weight excluding hydrogens is 383 g/mol. The maximum atomic E-state index is 13.1. The summed E-state index contributed by atoms with van der Waals surface area (Å²) in [4.78, 5) is 12.6. The molecule has 29 heavy (non-hydrogen) atoms. The summed E-state index contributed by atoms with van der Waals surface area (Å²) in [6.45, 7) is 6.97. The van der Waals surface area contributed by atoms with Crippen LogP contribution in [-0.2, 0) is 6.42 Å². The Morgan fingerprint density at radius 1 is 1.14 bits per heavy atom. The molecule has 0 saturated carbocycles. The number of anilines is 2. The van der Waals surface area contributed by atoms with Crippen LogP contribution in [0.2, 0.25) is 0 Å². The van der Waals surface area contributed by atoms with Crippen molar-refractivity contribution >= 4 is 22.3 Å². The first-order chi connectivity index (χ1) is 14.1. The fourth-order valence-corrected chi connectivity index (χ4v) is 4.70. The monoisotopic (exact) mass is 410 g/mol. The molecule has 0 radical (unpaired) electrons. The molecule has 4 rings (SSSR count). The Morgan fingerprint density at radius 3 is 2.69 bits per heavy atom. The number of likely N-dealkylation sites (tertiary alicyclic amines) is 1. The third-order valence-corrected chi connectivity index (χ3v) is 6.46. The Labute approximate surface area is 175 Å². The number of rotatable bonds is 6. The number of nitrogens with zero attached hydrogens (tertiary/aromatic N) is 3. The number of thiazole rings is 1. The first kappa shape index (κ1) is 20.0. The largest absolute Gasteiger partial charge is 0.316 e. The van der Waals surface area contributed by atoms with E-state index in [1.807, 2.05) is 12.3 Å². The number of hydrogen-bond donors (Lipinski definition) is 1. The summed E-state index contributed by atoms with van der Waals surface area (Å²) in [6.07, 6.45) is 7.45.